The smallest absolute Gasteiger partial charge is 0.0709 e. The molecule has 0 aliphatic heterocycles. The van der Waals surface area contributed by atoms with Crippen LogP contribution in [0.3, 0.4) is 0 Å². The standard InChI is InChI=1S/C25H29N/c1-3-21(4-2)22-17-19-25(20-18-22)26(24-15-11-8-12-16-24)23-13-9-6-5-7-10-14-23/h5-6,8-21,23H,3-4,7H2,1-2H3/b6-5-,13-9?,14-10-. The fourth-order valence-electron chi connectivity index (χ4n) is 3.62. The zero-order valence-electron chi connectivity index (χ0n) is 15.9. The van der Waals surface area contributed by atoms with Gasteiger partial charge in [-0.1, -0.05) is 80.6 Å². The van der Waals surface area contributed by atoms with E-state index in [2.05, 4.69) is 110 Å². The Balaban J connectivity index is 1.98. The van der Waals surface area contributed by atoms with E-state index in [1.165, 1.54) is 29.8 Å². The van der Waals surface area contributed by atoms with Crippen molar-refractivity contribution in [1.82, 2.24) is 0 Å². The van der Waals surface area contributed by atoms with E-state index in [1.807, 2.05) is 0 Å². The highest BCUT2D eigenvalue weighted by atomic mass is 15.2. The lowest BCUT2D eigenvalue weighted by Gasteiger charge is -2.31. The highest BCUT2D eigenvalue weighted by Gasteiger charge is 2.17. The molecule has 1 heteroatoms. The maximum atomic E-state index is 2.41. The second kappa shape index (κ2) is 9.24. The average molecular weight is 344 g/mol. The Hall–Kier alpha value is -2.54. The van der Waals surface area contributed by atoms with Crippen molar-refractivity contribution in [3.63, 3.8) is 0 Å². The summed E-state index contributed by atoms with van der Waals surface area (Å²) in [6.07, 6.45) is 16.6. The van der Waals surface area contributed by atoms with E-state index >= 15 is 0 Å². The molecule has 2 aromatic carbocycles. The number of rotatable bonds is 6. The number of allylic oxidation sites excluding steroid dienone is 4. The molecule has 0 N–H and O–H groups in total. The molecular formula is C25H29N. The summed E-state index contributed by atoms with van der Waals surface area (Å²) >= 11 is 0. The fourth-order valence-corrected chi connectivity index (χ4v) is 3.62. The summed E-state index contributed by atoms with van der Waals surface area (Å²) in [6, 6.07) is 20.0. The third-order valence-electron chi connectivity index (χ3n) is 5.12. The highest BCUT2D eigenvalue weighted by Crippen LogP contribution is 2.31. The molecule has 0 radical (unpaired) electrons. The molecule has 3 rings (SSSR count). The maximum Gasteiger partial charge on any atom is 0.0709 e. The van der Waals surface area contributed by atoms with E-state index < -0.39 is 0 Å². The predicted molar refractivity (Wildman–Crippen MR) is 114 cm³/mol. The Bertz CT molecular complexity index is 749. The van der Waals surface area contributed by atoms with Gasteiger partial charge < -0.3 is 4.90 Å². The Kier molecular flexibility index (Phi) is 6.49. The van der Waals surface area contributed by atoms with Crippen LogP contribution >= 0.6 is 0 Å². The van der Waals surface area contributed by atoms with Crippen LogP contribution in [0, 0.1) is 0 Å². The van der Waals surface area contributed by atoms with E-state index in [0.717, 1.165) is 6.42 Å². The minimum Gasteiger partial charge on any atom is -0.331 e. The topological polar surface area (TPSA) is 3.24 Å². The number of para-hydroxylation sites is 1. The zero-order valence-corrected chi connectivity index (χ0v) is 15.9. The SMILES string of the molecule is CCC(CC)c1ccc(N(c2ccccc2)C2C=C/C=C\C/C=C\2)cc1. The molecule has 26 heavy (non-hydrogen) atoms. The second-order valence-electron chi connectivity index (χ2n) is 6.78. The van der Waals surface area contributed by atoms with Crippen LogP contribution in [0.5, 0.6) is 0 Å². The number of hydrogen-bond donors (Lipinski definition) is 0. The lowest BCUT2D eigenvalue weighted by atomic mass is 9.94. The number of hydrogen-bond acceptors (Lipinski definition) is 1. The summed E-state index contributed by atoms with van der Waals surface area (Å²) in [4.78, 5) is 2.41. The molecule has 1 aliphatic carbocycles. The van der Waals surface area contributed by atoms with Gasteiger partial charge in [-0.25, -0.2) is 0 Å². The van der Waals surface area contributed by atoms with Crippen LogP contribution in [0.2, 0.25) is 0 Å². The van der Waals surface area contributed by atoms with Gasteiger partial charge in [0.05, 0.1) is 6.04 Å². The van der Waals surface area contributed by atoms with Gasteiger partial charge in [0.25, 0.3) is 0 Å². The number of benzene rings is 2. The third kappa shape index (κ3) is 4.35. The molecule has 0 saturated heterocycles. The van der Waals surface area contributed by atoms with Gasteiger partial charge in [-0.2, -0.15) is 0 Å². The largest absolute Gasteiger partial charge is 0.331 e. The molecule has 1 aliphatic rings. The second-order valence-corrected chi connectivity index (χ2v) is 6.78. The summed E-state index contributed by atoms with van der Waals surface area (Å²) in [5.41, 5.74) is 3.89. The first kappa shape index (κ1) is 18.3. The lowest BCUT2D eigenvalue weighted by Crippen LogP contribution is -2.27. The van der Waals surface area contributed by atoms with E-state index in [-0.39, 0.29) is 6.04 Å². The maximum absolute atomic E-state index is 2.41. The molecule has 2 aromatic rings. The molecule has 1 nitrogen and oxygen atoms in total. The first-order valence-corrected chi connectivity index (χ1v) is 9.77. The molecule has 1 atom stereocenters. The van der Waals surface area contributed by atoms with Gasteiger partial charge in [-0.05, 0) is 55.0 Å². The molecule has 1 unspecified atom stereocenters. The predicted octanol–water partition coefficient (Wildman–Crippen LogP) is 7.17. The van der Waals surface area contributed by atoms with Crippen LogP contribution in [0.25, 0.3) is 0 Å². The molecule has 0 saturated carbocycles. The summed E-state index contributed by atoms with van der Waals surface area (Å²) in [5, 5.41) is 0. The minimum absolute atomic E-state index is 0.210. The Morgan fingerprint density at radius 2 is 1.50 bits per heavy atom. The summed E-state index contributed by atoms with van der Waals surface area (Å²) in [7, 11) is 0. The number of anilines is 2. The average Bonchev–Trinajstić information content (AvgIpc) is 2.66. The van der Waals surface area contributed by atoms with Crippen molar-refractivity contribution in [2.75, 3.05) is 4.90 Å². The van der Waals surface area contributed by atoms with Crippen LogP contribution in [-0.2, 0) is 0 Å². The molecule has 0 spiro atoms. The first-order valence-electron chi connectivity index (χ1n) is 9.77. The first-order chi connectivity index (χ1) is 12.8. The van der Waals surface area contributed by atoms with Crippen molar-refractivity contribution < 1.29 is 0 Å². The van der Waals surface area contributed by atoms with Gasteiger partial charge in [0.2, 0.25) is 0 Å². The normalized spacial score (nSPS) is 19.0. The van der Waals surface area contributed by atoms with Crippen LogP contribution in [0.15, 0.2) is 91.1 Å². The van der Waals surface area contributed by atoms with Gasteiger partial charge in [-0.15, -0.1) is 0 Å². The molecule has 0 fully saturated rings. The van der Waals surface area contributed by atoms with Gasteiger partial charge in [0.1, 0.15) is 0 Å². The van der Waals surface area contributed by atoms with Gasteiger partial charge >= 0.3 is 0 Å². The molecular weight excluding hydrogens is 314 g/mol. The van der Waals surface area contributed by atoms with E-state index in [9.17, 15) is 0 Å². The van der Waals surface area contributed by atoms with Crippen molar-refractivity contribution in [1.29, 1.82) is 0 Å². The fraction of sp³-hybridized carbons (Fsp3) is 0.280. The van der Waals surface area contributed by atoms with Crippen molar-refractivity contribution in [3.05, 3.63) is 96.6 Å². The van der Waals surface area contributed by atoms with Crippen molar-refractivity contribution in [2.45, 2.75) is 45.1 Å². The Morgan fingerprint density at radius 1 is 0.808 bits per heavy atom. The van der Waals surface area contributed by atoms with E-state index in [4.69, 9.17) is 0 Å². The quantitative estimate of drug-likeness (QED) is 0.502. The van der Waals surface area contributed by atoms with Crippen molar-refractivity contribution in [3.8, 4) is 0 Å². The molecule has 0 amide bonds. The third-order valence-corrected chi connectivity index (χ3v) is 5.12. The van der Waals surface area contributed by atoms with E-state index in [1.54, 1.807) is 0 Å². The van der Waals surface area contributed by atoms with Gasteiger partial charge in [-0.3, -0.25) is 0 Å². The molecule has 0 heterocycles. The summed E-state index contributed by atoms with van der Waals surface area (Å²) in [5.74, 6) is 0.653. The van der Waals surface area contributed by atoms with E-state index in [0.29, 0.717) is 5.92 Å². The van der Waals surface area contributed by atoms with Crippen LogP contribution in [0.4, 0.5) is 11.4 Å². The Morgan fingerprint density at radius 3 is 2.19 bits per heavy atom. The molecule has 0 bridgehead atoms. The van der Waals surface area contributed by atoms with Gasteiger partial charge in [0.15, 0.2) is 0 Å². The van der Waals surface area contributed by atoms with Crippen LogP contribution in [0.1, 0.15) is 44.6 Å². The molecule has 0 aromatic heterocycles. The number of nitrogens with zero attached hydrogens (tertiary/aromatic N) is 1. The summed E-state index contributed by atoms with van der Waals surface area (Å²) < 4.78 is 0. The lowest BCUT2D eigenvalue weighted by molar-refractivity contribution is 0.642. The Labute approximate surface area is 158 Å². The molecule has 134 valence electrons. The van der Waals surface area contributed by atoms with Crippen molar-refractivity contribution in [2.24, 2.45) is 0 Å². The van der Waals surface area contributed by atoms with Crippen LogP contribution < -0.4 is 4.90 Å². The highest BCUT2D eigenvalue weighted by molar-refractivity contribution is 5.66. The van der Waals surface area contributed by atoms with Gasteiger partial charge in [0, 0.05) is 11.4 Å². The van der Waals surface area contributed by atoms with Crippen LogP contribution in [-0.4, -0.2) is 6.04 Å². The monoisotopic (exact) mass is 343 g/mol. The minimum atomic E-state index is 0.210. The van der Waals surface area contributed by atoms with Crippen molar-refractivity contribution >= 4 is 11.4 Å². The summed E-state index contributed by atoms with van der Waals surface area (Å²) in [6.45, 7) is 4.55. The zero-order chi connectivity index (χ0) is 18.2.